The number of hydrogen-bond donors (Lipinski definition) is 1. The molecule has 0 fully saturated rings. The van der Waals surface area contributed by atoms with Gasteiger partial charge in [0.25, 0.3) is 0 Å². The van der Waals surface area contributed by atoms with Gasteiger partial charge in [-0.25, -0.2) is 0 Å². The second-order valence-electron chi connectivity index (χ2n) is 6.27. The van der Waals surface area contributed by atoms with Crippen molar-refractivity contribution < 1.29 is 9.59 Å². The first kappa shape index (κ1) is 17.1. The summed E-state index contributed by atoms with van der Waals surface area (Å²) in [5, 5.41) is 2.87. The molecule has 25 heavy (non-hydrogen) atoms. The maximum Gasteiger partial charge on any atom is 0.238 e. The van der Waals surface area contributed by atoms with Gasteiger partial charge < -0.3 is 5.32 Å². The Hall–Kier alpha value is -2.72. The Labute approximate surface area is 148 Å². The first-order valence-electron chi connectivity index (χ1n) is 8.49. The topological polar surface area (TPSA) is 49.4 Å². The van der Waals surface area contributed by atoms with Gasteiger partial charge in [0.05, 0.1) is 6.54 Å². The van der Waals surface area contributed by atoms with Crippen molar-refractivity contribution in [2.24, 2.45) is 0 Å². The first-order valence-corrected chi connectivity index (χ1v) is 8.49. The highest BCUT2D eigenvalue weighted by molar-refractivity contribution is 5.97. The van der Waals surface area contributed by atoms with Crippen molar-refractivity contribution in [2.75, 3.05) is 25.0 Å². The number of carbonyl (C=O) groups excluding carboxylic acids is 2. The Balaban J connectivity index is 1.55. The highest BCUT2D eigenvalue weighted by Crippen LogP contribution is 2.21. The fourth-order valence-electron chi connectivity index (χ4n) is 2.99. The fourth-order valence-corrected chi connectivity index (χ4v) is 2.99. The summed E-state index contributed by atoms with van der Waals surface area (Å²) in [7, 11) is 0. The van der Waals surface area contributed by atoms with Gasteiger partial charge in [0.15, 0.2) is 5.78 Å². The van der Waals surface area contributed by atoms with E-state index >= 15 is 0 Å². The van der Waals surface area contributed by atoms with Gasteiger partial charge in [-0.3, -0.25) is 14.5 Å². The van der Waals surface area contributed by atoms with Crippen molar-refractivity contribution in [2.45, 2.75) is 13.3 Å². The Bertz CT molecular complexity index is 797. The number of nitrogens with zero attached hydrogens (tertiary/aromatic N) is 1. The summed E-state index contributed by atoms with van der Waals surface area (Å²) < 4.78 is 0. The average molecular weight is 334 g/mol. The third kappa shape index (κ3) is 4.64. The minimum absolute atomic E-state index is 0.00860. The van der Waals surface area contributed by atoms with E-state index < -0.39 is 0 Å². The van der Waals surface area contributed by atoms with Gasteiger partial charge in [-0.15, -0.1) is 0 Å². The lowest BCUT2D eigenvalue weighted by atomic mass is 10.00. The molecule has 3 rings (SSSR count). The number of ketones is 1. The van der Waals surface area contributed by atoms with E-state index in [4.69, 9.17) is 0 Å². The molecular weight excluding hydrogens is 312 g/mol. The van der Waals surface area contributed by atoms with Crippen molar-refractivity contribution in [3.63, 3.8) is 0 Å². The van der Waals surface area contributed by atoms with Crippen LogP contribution in [0.2, 0.25) is 0 Å². The van der Waals surface area contributed by atoms with E-state index in [-0.39, 0.29) is 11.7 Å². The van der Waals surface area contributed by atoms with Crippen LogP contribution in [0.1, 0.15) is 29.3 Å². The fraction of sp³-hybridized carbons (Fsp3) is 0.238. The highest BCUT2D eigenvalue weighted by Gasteiger charge is 2.16. The third-order valence-electron chi connectivity index (χ3n) is 4.36. The van der Waals surface area contributed by atoms with Gasteiger partial charge in [0.2, 0.25) is 5.91 Å². The van der Waals surface area contributed by atoms with E-state index in [1.54, 1.807) is 24.3 Å². The van der Waals surface area contributed by atoms with Crippen molar-refractivity contribution in [1.29, 1.82) is 0 Å². The molecule has 128 valence electrons. The van der Waals surface area contributed by atoms with Gasteiger partial charge in [-0.2, -0.15) is 0 Å². The van der Waals surface area contributed by atoms with Crippen LogP contribution >= 0.6 is 0 Å². The summed E-state index contributed by atoms with van der Waals surface area (Å²) >= 11 is 0. The summed E-state index contributed by atoms with van der Waals surface area (Å²) in [5.41, 5.74) is 3.86. The second-order valence-corrected chi connectivity index (χ2v) is 6.27. The van der Waals surface area contributed by atoms with E-state index in [1.165, 1.54) is 18.1 Å². The van der Waals surface area contributed by atoms with E-state index in [0.717, 1.165) is 19.5 Å². The minimum Gasteiger partial charge on any atom is -0.325 e. The quantitative estimate of drug-likeness (QED) is 0.850. The van der Waals surface area contributed by atoms with Crippen LogP contribution in [0, 0.1) is 0 Å². The van der Waals surface area contributed by atoms with Crippen molar-refractivity contribution in [3.8, 4) is 0 Å². The van der Waals surface area contributed by atoms with Crippen LogP contribution in [0.25, 0.3) is 5.57 Å². The van der Waals surface area contributed by atoms with Crippen LogP contribution in [-0.4, -0.2) is 36.2 Å². The first-order chi connectivity index (χ1) is 12.1. The van der Waals surface area contributed by atoms with E-state index in [0.29, 0.717) is 17.8 Å². The lowest BCUT2D eigenvalue weighted by Gasteiger charge is -2.25. The zero-order valence-electron chi connectivity index (χ0n) is 14.4. The largest absolute Gasteiger partial charge is 0.325 e. The second kappa shape index (κ2) is 7.90. The number of carbonyl (C=O) groups is 2. The molecule has 1 heterocycles. The van der Waals surface area contributed by atoms with Crippen molar-refractivity contribution in [3.05, 3.63) is 71.8 Å². The van der Waals surface area contributed by atoms with Gasteiger partial charge in [-0.05, 0) is 36.6 Å². The highest BCUT2D eigenvalue weighted by atomic mass is 16.2. The predicted molar refractivity (Wildman–Crippen MR) is 101 cm³/mol. The van der Waals surface area contributed by atoms with Gasteiger partial charge >= 0.3 is 0 Å². The summed E-state index contributed by atoms with van der Waals surface area (Å²) in [5.74, 6) is -0.0667. The van der Waals surface area contributed by atoms with Crippen LogP contribution in [0.3, 0.4) is 0 Å². The molecule has 1 aliphatic heterocycles. The van der Waals surface area contributed by atoms with Crippen molar-refractivity contribution in [1.82, 2.24) is 4.90 Å². The molecule has 0 aromatic heterocycles. The SMILES string of the molecule is CC(=O)c1cccc(NC(=O)CN2CC=C(c3ccccc3)CC2)c1. The number of anilines is 1. The third-order valence-corrected chi connectivity index (χ3v) is 4.36. The van der Waals surface area contributed by atoms with Crippen LogP contribution in [-0.2, 0) is 4.79 Å². The summed E-state index contributed by atoms with van der Waals surface area (Å²) in [6.07, 6.45) is 3.14. The summed E-state index contributed by atoms with van der Waals surface area (Å²) in [6.45, 7) is 3.50. The summed E-state index contributed by atoms with van der Waals surface area (Å²) in [6, 6.07) is 17.4. The Morgan fingerprint density at radius 3 is 2.56 bits per heavy atom. The molecule has 0 saturated heterocycles. The molecule has 2 aromatic rings. The van der Waals surface area contributed by atoms with Gasteiger partial charge in [0.1, 0.15) is 0 Å². The molecule has 0 radical (unpaired) electrons. The van der Waals surface area contributed by atoms with Crippen LogP contribution < -0.4 is 5.32 Å². The van der Waals surface area contributed by atoms with E-state index in [9.17, 15) is 9.59 Å². The van der Waals surface area contributed by atoms with E-state index in [1.807, 2.05) is 18.2 Å². The van der Waals surface area contributed by atoms with Crippen LogP contribution in [0.5, 0.6) is 0 Å². The van der Waals surface area contributed by atoms with Crippen molar-refractivity contribution >= 4 is 23.0 Å². The molecule has 4 heteroatoms. The molecule has 1 N–H and O–H groups in total. The molecule has 0 bridgehead atoms. The molecule has 1 aliphatic rings. The monoisotopic (exact) mass is 334 g/mol. The van der Waals surface area contributed by atoms with E-state index in [2.05, 4.69) is 28.4 Å². The van der Waals surface area contributed by atoms with Crippen LogP contribution in [0.15, 0.2) is 60.7 Å². The number of benzene rings is 2. The molecule has 2 aromatic carbocycles. The standard InChI is InChI=1S/C21H22N2O2/c1-16(24)19-8-5-9-20(14-19)22-21(25)15-23-12-10-18(11-13-23)17-6-3-2-4-7-17/h2-10,14H,11-13,15H2,1H3,(H,22,25). The predicted octanol–water partition coefficient (Wildman–Crippen LogP) is 3.62. The number of Topliss-reactive ketones (excluding diaryl/α,β-unsaturated/α-hetero) is 1. The molecule has 0 unspecified atom stereocenters. The number of nitrogens with one attached hydrogen (secondary N) is 1. The minimum atomic E-state index is -0.0581. The zero-order chi connectivity index (χ0) is 17.6. The normalized spacial score (nSPS) is 14.7. The number of amides is 1. The molecular formula is C21H22N2O2. The maximum absolute atomic E-state index is 12.3. The molecule has 1 amide bonds. The number of rotatable bonds is 5. The molecule has 4 nitrogen and oxygen atoms in total. The Kier molecular flexibility index (Phi) is 5.41. The van der Waals surface area contributed by atoms with Crippen LogP contribution in [0.4, 0.5) is 5.69 Å². The average Bonchev–Trinajstić information content (AvgIpc) is 2.63. The smallest absolute Gasteiger partial charge is 0.238 e. The number of hydrogen-bond acceptors (Lipinski definition) is 3. The lowest BCUT2D eigenvalue weighted by molar-refractivity contribution is -0.117. The molecule has 0 spiro atoms. The molecule has 0 aliphatic carbocycles. The van der Waals surface area contributed by atoms with Gasteiger partial charge in [-0.1, -0.05) is 48.5 Å². The molecule has 0 saturated carbocycles. The Morgan fingerprint density at radius 2 is 1.88 bits per heavy atom. The summed E-state index contributed by atoms with van der Waals surface area (Å²) in [4.78, 5) is 25.8. The maximum atomic E-state index is 12.3. The Morgan fingerprint density at radius 1 is 1.08 bits per heavy atom. The zero-order valence-corrected chi connectivity index (χ0v) is 14.4. The van der Waals surface area contributed by atoms with Gasteiger partial charge in [0, 0.05) is 24.3 Å². The lowest BCUT2D eigenvalue weighted by Crippen LogP contribution is -2.36. The molecule has 0 atom stereocenters.